The number of hydrogen-bond acceptors (Lipinski definition) is 3. The molecule has 0 aromatic heterocycles. The fraction of sp³-hybridized carbons (Fsp3) is 0.214. The van der Waals surface area contributed by atoms with E-state index in [9.17, 15) is 0 Å². The summed E-state index contributed by atoms with van der Waals surface area (Å²) in [6.07, 6.45) is 8.16. The quantitative estimate of drug-likeness (QED) is 0.583. The minimum Gasteiger partial charge on any atom is -0.377 e. The first-order valence-electron chi connectivity index (χ1n) is 5.67. The van der Waals surface area contributed by atoms with Crippen LogP contribution in [0, 0.1) is 0 Å². The lowest BCUT2D eigenvalue weighted by atomic mass is 10.2. The molecular weight excluding hydrogens is 210 g/mol. The molecule has 1 aromatic rings. The molecule has 3 nitrogen and oxygen atoms in total. The third-order valence-electron chi connectivity index (χ3n) is 2.65. The van der Waals surface area contributed by atoms with E-state index in [1.165, 1.54) is 0 Å². The standard InChI is InChI=1S/C14H17N3/c1-16-10-8-13(9-11-16)12-15-17(2)14-6-4-3-5-7-14/h3-10,12H,11H2,1-2H3/b15-12+. The Morgan fingerprint density at radius 3 is 2.71 bits per heavy atom. The van der Waals surface area contributed by atoms with Gasteiger partial charge in [-0.25, -0.2) is 0 Å². The highest BCUT2D eigenvalue weighted by Crippen LogP contribution is 2.11. The lowest BCUT2D eigenvalue weighted by molar-refractivity contribution is 0.504. The largest absolute Gasteiger partial charge is 0.377 e. The van der Waals surface area contributed by atoms with Crippen LogP contribution in [0.2, 0.25) is 0 Å². The van der Waals surface area contributed by atoms with Gasteiger partial charge in [0, 0.05) is 20.6 Å². The average Bonchev–Trinajstić information content (AvgIpc) is 2.39. The van der Waals surface area contributed by atoms with Crippen LogP contribution in [-0.4, -0.2) is 31.8 Å². The molecule has 0 aliphatic carbocycles. The third kappa shape index (κ3) is 3.21. The predicted molar refractivity (Wildman–Crippen MR) is 73.2 cm³/mol. The molecule has 0 saturated heterocycles. The lowest BCUT2D eigenvalue weighted by Gasteiger charge is -2.16. The number of allylic oxidation sites excluding steroid dienone is 2. The van der Waals surface area contributed by atoms with E-state index in [0.29, 0.717) is 0 Å². The maximum absolute atomic E-state index is 4.41. The van der Waals surface area contributed by atoms with Crippen molar-refractivity contribution in [2.24, 2.45) is 5.10 Å². The van der Waals surface area contributed by atoms with Gasteiger partial charge in [-0.2, -0.15) is 5.10 Å². The highest BCUT2D eigenvalue weighted by atomic mass is 15.4. The summed E-state index contributed by atoms with van der Waals surface area (Å²) in [4.78, 5) is 2.12. The smallest absolute Gasteiger partial charge is 0.0590 e. The summed E-state index contributed by atoms with van der Waals surface area (Å²) < 4.78 is 0. The number of hydrazone groups is 1. The Balaban J connectivity index is 2.00. The van der Waals surface area contributed by atoms with Crippen LogP contribution >= 0.6 is 0 Å². The van der Waals surface area contributed by atoms with Crippen LogP contribution in [0.25, 0.3) is 0 Å². The summed E-state index contributed by atoms with van der Waals surface area (Å²) in [6.45, 7) is 0.937. The van der Waals surface area contributed by atoms with Crippen LogP contribution in [-0.2, 0) is 0 Å². The second-order valence-electron chi connectivity index (χ2n) is 4.06. The van der Waals surface area contributed by atoms with Gasteiger partial charge in [-0.1, -0.05) is 24.3 Å². The van der Waals surface area contributed by atoms with Crippen molar-refractivity contribution in [1.29, 1.82) is 0 Å². The molecule has 17 heavy (non-hydrogen) atoms. The molecule has 0 N–H and O–H groups in total. The molecule has 1 heterocycles. The van der Waals surface area contributed by atoms with Crippen molar-refractivity contribution in [1.82, 2.24) is 4.90 Å². The number of nitrogens with zero attached hydrogens (tertiary/aromatic N) is 3. The van der Waals surface area contributed by atoms with Crippen molar-refractivity contribution < 1.29 is 0 Å². The van der Waals surface area contributed by atoms with Crippen molar-refractivity contribution in [3.63, 3.8) is 0 Å². The summed E-state index contributed by atoms with van der Waals surface area (Å²) in [7, 11) is 4.00. The predicted octanol–water partition coefficient (Wildman–Crippen LogP) is 2.49. The van der Waals surface area contributed by atoms with E-state index < -0.39 is 0 Å². The summed E-state index contributed by atoms with van der Waals surface area (Å²) in [5.41, 5.74) is 2.23. The van der Waals surface area contributed by atoms with E-state index in [4.69, 9.17) is 0 Å². The van der Waals surface area contributed by atoms with Crippen molar-refractivity contribution in [3.8, 4) is 0 Å². The van der Waals surface area contributed by atoms with Crippen molar-refractivity contribution in [2.75, 3.05) is 25.6 Å². The third-order valence-corrected chi connectivity index (χ3v) is 2.65. The molecule has 88 valence electrons. The Labute approximate surface area is 102 Å². The molecule has 3 heteroatoms. The van der Waals surface area contributed by atoms with Crippen LogP contribution in [0.5, 0.6) is 0 Å². The van der Waals surface area contributed by atoms with Gasteiger partial charge in [0.15, 0.2) is 0 Å². The van der Waals surface area contributed by atoms with E-state index in [2.05, 4.69) is 35.4 Å². The van der Waals surface area contributed by atoms with E-state index in [-0.39, 0.29) is 0 Å². The molecule has 0 unspecified atom stereocenters. The maximum Gasteiger partial charge on any atom is 0.0590 e. The molecular formula is C14H17N3. The number of rotatable bonds is 3. The second-order valence-corrected chi connectivity index (χ2v) is 4.06. The van der Waals surface area contributed by atoms with E-state index in [0.717, 1.165) is 17.8 Å². The highest BCUT2D eigenvalue weighted by molar-refractivity contribution is 5.83. The van der Waals surface area contributed by atoms with Gasteiger partial charge in [0.25, 0.3) is 0 Å². The Kier molecular flexibility index (Phi) is 3.60. The van der Waals surface area contributed by atoms with E-state index >= 15 is 0 Å². The zero-order valence-electron chi connectivity index (χ0n) is 10.2. The number of hydrogen-bond donors (Lipinski definition) is 0. The average molecular weight is 227 g/mol. The van der Waals surface area contributed by atoms with Crippen molar-refractivity contribution >= 4 is 11.9 Å². The van der Waals surface area contributed by atoms with Gasteiger partial charge < -0.3 is 4.90 Å². The molecule has 0 amide bonds. The van der Waals surface area contributed by atoms with Crippen LogP contribution < -0.4 is 5.01 Å². The number of para-hydroxylation sites is 1. The first kappa shape index (κ1) is 11.5. The molecule has 0 fully saturated rings. The molecule has 1 aromatic carbocycles. The summed E-state index contributed by atoms with van der Waals surface area (Å²) >= 11 is 0. The minimum atomic E-state index is 0.937. The van der Waals surface area contributed by atoms with Crippen molar-refractivity contribution in [3.05, 3.63) is 54.3 Å². The zero-order chi connectivity index (χ0) is 12.1. The number of anilines is 1. The van der Waals surface area contributed by atoms with Gasteiger partial charge in [-0.15, -0.1) is 0 Å². The lowest BCUT2D eigenvalue weighted by Crippen LogP contribution is -2.14. The summed E-state index contributed by atoms with van der Waals surface area (Å²) in [5, 5.41) is 6.28. The Hall–Kier alpha value is -2.03. The SMILES string of the molecule is CN1C=CC(/C=N/N(C)c2ccccc2)=CC1. The van der Waals surface area contributed by atoms with Gasteiger partial charge >= 0.3 is 0 Å². The molecule has 0 bridgehead atoms. The van der Waals surface area contributed by atoms with Crippen LogP contribution in [0.4, 0.5) is 5.69 Å². The Bertz CT molecular complexity index is 446. The highest BCUT2D eigenvalue weighted by Gasteiger charge is 1.99. The van der Waals surface area contributed by atoms with Gasteiger partial charge in [0.1, 0.15) is 0 Å². The van der Waals surface area contributed by atoms with Gasteiger partial charge in [0.05, 0.1) is 11.9 Å². The van der Waals surface area contributed by atoms with E-state index in [1.807, 2.05) is 48.6 Å². The second kappa shape index (κ2) is 5.34. The summed E-state index contributed by atoms with van der Waals surface area (Å²) in [5.74, 6) is 0. The van der Waals surface area contributed by atoms with Gasteiger partial charge in [0.2, 0.25) is 0 Å². The van der Waals surface area contributed by atoms with Crippen LogP contribution in [0.15, 0.2) is 59.4 Å². The fourth-order valence-corrected chi connectivity index (χ4v) is 1.55. The maximum atomic E-state index is 4.41. The molecule has 2 rings (SSSR count). The monoisotopic (exact) mass is 227 g/mol. The molecule has 0 saturated carbocycles. The number of likely N-dealkylation sites (N-methyl/N-ethyl adjacent to an activating group) is 1. The van der Waals surface area contributed by atoms with Crippen LogP contribution in [0.3, 0.4) is 0 Å². The van der Waals surface area contributed by atoms with Crippen LogP contribution in [0.1, 0.15) is 0 Å². The summed E-state index contributed by atoms with van der Waals surface area (Å²) in [6, 6.07) is 10.1. The van der Waals surface area contributed by atoms with Gasteiger partial charge in [-0.3, -0.25) is 5.01 Å². The fourth-order valence-electron chi connectivity index (χ4n) is 1.55. The minimum absolute atomic E-state index is 0.937. The van der Waals surface area contributed by atoms with E-state index in [1.54, 1.807) is 0 Å². The molecule has 1 aliphatic rings. The Morgan fingerprint density at radius 2 is 2.06 bits per heavy atom. The topological polar surface area (TPSA) is 18.8 Å². The molecule has 1 aliphatic heterocycles. The zero-order valence-corrected chi connectivity index (χ0v) is 10.2. The first-order valence-corrected chi connectivity index (χ1v) is 5.67. The Morgan fingerprint density at radius 1 is 1.29 bits per heavy atom. The van der Waals surface area contributed by atoms with Gasteiger partial charge in [-0.05, 0) is 30.0 Å². The molecule has 0 radical (unpaired) electrons. The van der Waals surface area contributed by atoms with Crippen molar-refractivity contribution in [2.45, 2.75) is 0 Å². The molecule has 0 spiro atoms. The first-order chi connectivity index (χ1) is 8.25. The normalized spacial score (nSPS) is 15.2. The number of benzene rings is 1. The molecule has 0 atom stereocenters.